The van der Waals surface area contributed by atoms with Crippen LogP contribution in [0, 0.1) is 0 Å². The summed E-state index contributed by atoms with van der Waals surface area (Å²) in [6, 6.07) is 4.99. The molecular weight excluding hydrogens is 250 g/mol. The maximum atomic E-state index is 12.2. The third-order valence-electron chi connectivity index (χ3n) is 2.61. The van der Waals surface area contributed by atoms with Crippen molar-refractivity contribution in [2.45, 2.75) is 18.2 Å². The SMILES string of the molecule is CCc1ccc(N)cc1S(=O)(=O)NCCN(C)C. The van der Waals surface area contributed by atoms with Crippen LogP contribution in [-0.4, -0.2) is 40.5 Å². The molecule has 102 valence electrons. The summed E-state index contributed by atoms with van der Waals surface area (Å²) in [6.07, 6.45) is 0.657. The number of nitrogens with two attached hydrogens (primary N) is 1. The standard InChI is InChI=1S/C12H21N3O2S/c1-4-10-5-6-11(13)9-12(10)18(16,17)14-7-8-15(2)3/h5-6,9,14H,4,7-8,13H2,1-3H3. The van der Waals surface area contributed by atoms with Crippen LogP contribution in [0.15, 0.2) is 23.1 Å². The lowest BCUT2D eigenvalue weighted by molar-refractivity contribution is 0.412. The highest BCUT2D eigenvalue weighted by Crippen LogP contribution is 2.19. The Morgan fingerprint density at radius 3 is 2.56 bits per heavy atom. The van der Waals surface area contributed by atoms with Gasteiger partial charge in [0.05, 0.1) is 4.90 Å². The molecule has 5 nitrogen and oxygen atoms in total. The first-order valence-electron chi connectivity index (χ1n) is 5.89. The zero-order valence-electron chi connectivity index (χ0n) is 11.1. The number of nitrogen functional groups attached to an aromatic ring is 1. The topological polar surface area (TPSA) is 75.4 Å². The first kappa shape index (κ1) is 14.9. The van der Waals surface area contributed by atoms with Crippen LogP contribution in [0.2, 0.25) is 0 Å². The van der Waals surface area contributed by atoms with Crippen molar-refractivity contribution >= 4 is 15.7 Å². The van der Waals surface area contributed by atoms with Gasteiger partial charge >= 0.3 is 0 Å². The molecule has 0 heterocycles. The molecule has 0 aliphatic carbocycles. The molecule has 1 aromatic rings. The second-order valence-corrected chi connectivity index (χ2v) is 6.16. The number of likely N-dealkylation sites (N-methyl/N-ethyl adjacent to an activating group) is 1. The molecule has 0 aromatic heterocycles. The van der Waals surface area contributed by atoms with Gasteiger partial charge in [-0.2, -0.15) is 0 Å². The normalized spacial score (nSPS) is 12.0. The highest BCUT2D eigenvalue weighted by Gasteiger charge is 2.17. The minimum absolute atomic E-state index is 0.281. The van der Waals surface area contributed by atoms with Gasteiger partial charge in [-0.1, -0.05) is 13.0 Å². The number of nitrogens with one attached hydrogen (secondary N) is 1. The maximum Gasteiger partial charge on any atom is 0.240 e. The van der Waals surface area contributed by atoms with Gasteiger partial charge in [0.25, 0.3) is 0 Å². The van der Waals surface area contributed by atoms with Gasteiger partial charge in [0.2, 0.25) is 10.0 Å². The molecule has 0 radical (unpaired) electrons. The fourth-order valence-electron chi connectivity index (χ4n) is 1.59. The van der Waals surface area contributed by atoms with Crippen molar-refractivity contribution in [3.8, 4) is 0 Å². The van der Waals surface area contributed by atoms with E-state index in [0.29, 0.717) is 25.2 Å². The Hall–Kier alpha value is -1.11. The Morgan fingerprint density at radius 1 is 1.33 bits per heavy atom. The first-order chi connectivity index (χ1) is 8.36. The molecule has 0 atom stereocenters. The van der Waals surface area contributed by atoms with Gasteiger partial charge in [-0.3, -0.25) is 0 Å². The highest BCUT2D eigenvalue weighted by atomic mass is 32.2. The first-order valence-corrected chi connectivity index (χ1v) is 7.38. The molecule has 0 saturated heterocycles. The quantitative estimate of drug-likeness (QED) is 0.746. The Bertz CT molecular complexity index is 498. The van der Waals surface area contributed by atoms with E-state index in [2.05, 4.69) is 4.72 Å². The number of sulfonamides is 1. The third-order valence-corrected chi connectivity index (χ3v) is 4.16. The van der Waals surface area contributed by atoms with E-state index in [1.165, 1.54) is 6.07 Å². The van der Waals surface area contributed by atoms with E-state index in [4.69, 9.17) is 5.73 Å². The summed E-state index contributed by atoms with van der Waals surface area (Å²) >= 11 is 0. The van der Waals surface area contributed by atoms with Crippen LogP contribution in [-0.2, 0) is 16.4 Å². The molecular formula is C12H21N3O2S. The number of hydrogen-bond acceptors (Lipinski definition) is 4. The van der Waals surface area contributed by atoms with Crippen LogP contribution < -0.4 is 10.5 Å². The molecule has 0 bridgehead atoms. The van der Waals surface area contributed by atoms with Gasteiger partial charge in [0.1, 0.15) is 0 Å². The van der Waals surface area contributed by atoms with Gasteiger partial charge in [0, 0.05) is 18.8 Å². The zero-order chi connectivity index (χ0) is 13.8. The minimum atomic E-state index is -3.48. The Kier molecular flexibility index (Phi) is 5.13. The van der Waals surface area contributed by atoms with Crippen LogP contribution >= 0.6 is 0 Å². The van der Waals surface area contributed by atoms with Crippen LogP contribution in [0.25, 0.3) is 0 Å². The molecule has 6 heteroatoms. The van der Waals surface area contributed by atoms with Crippen molar-refractivity contribution < 1.29 is 8.42 Å². The molecule has 0 saturated carbocycles. The number of benzene rings is 1. The van der Waals surface area contributed by atoms with E-state index in [1.807, 2.05) is 25.9 Å². The molecule has 3 N–H and O–H groups in total. The smallest absolute Gasteiger partial charge is 0.240 e. The van der Waals surface area contributed by atoms with Crippen LogP contribution in [0.4, 0.5) is 5.69 Å². The second kappa shape index (κ2) is 6.17. The Labute approximate surface area is 109 Å². The van der Waals surface area contributed by atoms with Crippen LogP contribution in [0.3, 0.4) is 0 Å². The summed E-state index contributed by atoms with van der Waals surface area (Å²) in [7, 11) is 0.312. The average Bonchev–Trinajstić information content (AvgIpc) is 2.28. The van der Waals surface area contributed by atoms with E-state index < -0.39 is 10.0 Å². The van der Waals surface area contributed by atoms with Crippen molar-refractivity contribution in [3.63, 3.8) is 0 Å². The average molecular weight is 271 g/mol. The minimum Gasteiger partial charge on any atom is -0.399 e. The number of nitrogens with zero attached hydrogens (tertiary/aromatic N) is 1. The van der Waals surface area contributed by atoms with Gasteiger partial charge in [-0.05, 0) is 38.2 Å². The van der Waals surface area contributed by atoms with Gasteiger partial charge in [-0.25, -0.2) is 13.1 Å². The largest absolute Gasteiger partial charge is 0.399 e. The summed E-state index contributed by atoms with van der Waals surface area (Å²) in [5.74, 6) is 0. The van der Waals surface area contributed by atoms with E-state index in [0.717, 1.165) is 5.56 Å². The molecule has 0 spiro atoms. The molecule has 0 aliphatic rings. The third kappa shape index (κ3) is 3.97. The van der Waals surface area contributed by atoms with Crippen molar-refractivity contribution in [1.29, 1.82) is 0 Å². The van der Waals surface area contributed by atoms with Gasteiger partial charge in [-0.15, -0.1) is 0 Å². The maximum absolute atomic E-state index is 12.2. The predicted octanol–water partition coefficient (Wildman–Crippen LogP) is 0.671. The summed E-state index contributed by atoms with van der Waals surface area (Å²) < 4.78 is 26.9. The second-order valence-electron chi connectivity index (χ2n) is 4.42. The number of rotatable bonds is 6. The Morgan fingerprint density at radius 2 is 2.00 bits per heavy atom. The lowest BCUT2D eigenvalue weighted by atomic mass is 10.1. The van der Waals surface area contributed by atoms with E-state index in [9.17, 15) is 8.42 Å². The summed E-state index contributed by atoms with van der Waals surface area (Å²) in [5.41, 5.74) is 6.89. The lowest BCUT2D eigenvalue weighted by Gasteiger charge is -2.13. The summed E-state index contributed by atoms with van der Waals surface area (Å²) in [5, 5.41) is 0. The monoisotopic (exact) mass is 271 g/mol. The molecule has 18 heavy (non-hydrogen) atoms. The highest BCUT2D eigenvalue weighted by molar-refractivity contribution is 7.89. The van der Waals surface area contributed by atoms with E-state index in [-0.39, 0.29) is 4.90 Å². The molecule has 0 unspecified atom stereocenters. The van der Waals surface area contributed by atoms with Crippen molar-refractivity contribution in [2.24, 2.45) is 0 Å². The summed E-state index contributed by atoms with van der Waals surface area (Å²) in [4.78, 5) is 2.20. The van der Waals surface area contributed by atoms with Crippen LogP contribution in [0.5, 0.6) is 0 Å². The Balaban J connectivity index is 2.93. The zero-order valence-corrected chi connectivity index (χ0v) is 11.9. The fraction of sp³-hybridized carbons (Fsp3) is 0.500. The van der Waals surface area contributed by atoms with Gasteiger partial charge < -0.3 is 10.6 Å². The number of anilines is 1. The molecule has 1 aromatic carbocycles. The van der Waals surface area contributed by atoms with E-state index >= 15 is 0 Å². The fourth-order valence-corrected chi connectivity index (χ4v) is 2.96. The van der Waals surface area contributed by atoms with E-state index in [1.54, 1.807) is 12.1 Å². The number of hydrogen-bond donors (Lipinski definition) is 2. The number of aryl methyl sites for hydroxylation is 1. The molecule has 1 rings (SSSR count). The van der Waals surface area contributed by atoms with Crippen molar-refractivity contribution in [1.82, 2.24) is 9.62 Å². The molecule has 0 fully saturated rings. The summed E-state index contributed by atoms with van der Waals surface area (Å²) in [6.45, 7) is 2.96. The van der Waals surface area contributed by atoms with Crippen molar-refractivity contribution in [3.05, 3.63) is 23.8 Å². The van der Waals surface area contributed by atoms with Crippen LogP contribution in [0.1, 0.15) is 12.5 Å². The lowest BCUT2D eigenvalue weighted by Crippen LogP contribution is -2.31. The predicted molar refractivity (Wildman–Crippen MR) is 74.0 cm³/mol. The molecule has 0 aliphatic heterocycles. The van der Waals surface area contributed by atoms with Gasteiger partial charge in [0.15, 0.2) is 0 Å². The van der Waals surface area contributed by atoms with Crippen molar-refractivity contribution in [2.75, 3.05) is 32.9 Å². The molecule has 0 amide bonds.